The SMILES string of the molecule is COC(=O)c1cc2c(=O)[nH]c(-c3cnc(NC(=O)C(C)(C)C)cc3C(F)(F)F)nn2c1. The molecule has 31 heavy (non-hydrogen) atoms. The number of H-pyrrole nitrogens is 1. The Bertz CT molecular complexity index is 1240. The molecule has 3 aromatic heterocycles. The lowest BCUT2D eigenvalue weighted by molar-refractivity contribution is -0.137. The van der Waals surface area contributed by atoms with Crippen LogP contribution in [-0.4, -0.2) is 38.6 Å². The second-order valence-electron chi connectivity index (χ2n) is 7.67. The first-order chi connectivity index (χ1) is 14.3. The van der Waals surface area contributed by atoms with Crippen molar-refractivity contribution < 1.29 is 27.5 Å². The molecule has 9 nitrogen and oxygen atoms in total. The maximum absolute atomic E-state index is 13.7. The van der Waals surface area contributed by atoms with Crippen LogP contribution in [0.3, 0.4) is 0 Å². The molecule has 0 fully saturated rings. The fourth-order valence-electron chi connectivity index (χ4n) is 2.61. The lowest BCUT2D eigenvalue weighted by Crippen LogP contribution is -2.28. The van der Waals surface area contributed by atoms with E-state index in [9.17, 15) is 27.6 Å². The van der Waals surface area contributed by atoms with Gasteiger partial charge >= 0.3 is 12.1 Å². The maximum atomic E-state index is 13.7. The number of methoxy groups -OCH3 is 1. The molecule has 2 N–H and O–H groups in total. The van der Waals surface area contributed by atoms with E-state index in [0.29, 0.717) is 6.07 Å². The van der Waals surface area contributed by atoms with Crippen LogP contribution in [0.5, 0.6) is 0 Å². The molecule has 0 saturated carbocycles. The molecule has 0 aliphatic rings. The van der Waals surface area contributed by atoms with Gasteiger partial charge < -0.3 is 15.0 Å². The quantitative estimate of drug-likeness (QED) is 0.609. The minimum Gasteiger partial charge on any atom is -0.465 e. The number of pyridine rings is 1. The number of carbonyl (C=O) groups is 2. The summed E-state index contributed by atoms with van der Waals surface area (Å²) < 4.78 is 46.7. The summed E-state index contributed by atoms with van der Waals surface area (Å²) >= 11 is 0. The van der Waals surface area contributed by atoms with Crippen molar-refractivity contribution in [2.75, 3.05) is 12.4 Å². The largest absolute Gasteiger partial charge is 0.465 e. The number of anilines is 1. The number of aromatic nitrogens is 4. The van der Waals surface area contributed by atoms with E-state index in [1.165, 1.54) is 12.3 Å². The molecule has 0 radical (unpaired) electrons. The van der Waals surface area contributed by atoms with Crippen molar-refractivity contribution in [2.24, 2.45) is 5.41 Å². The van der Waals surface area contributed by atoms with Crippen LogP contribution >= 0.6 is 0 Å². The summed E-state index contributed by atoms with van der Waals surface area (Å²) in [6.45, 7) is 4.81. The number of hydrogen-bond donors (Lipinski definition) is 2. The first-order valence-corrected chi connectivity index (χ1v) is 8.91. The number of hydrogen-bond acceptors (Lipinski definition) is 6. The van der Waals surface area contributed by atoms with Gasteiger partial charge in [0.25, 0.3) is 5.56 Å². The zero-order chi connectivity index (χ0) is 23.1. The molecular weight excluding hydrogens is 419 g/mol. The van der Waals surface area contributed by atoms with Gasteiger partial charge in [-0.25, -0.2) is 14.3 Å². The van der Waals surface area contributed by atoms with E-state index < -0.39 is 46.0 Å². The summed E-state index contributed by atoms with van der Waals surface area (Å²) in [5, 5.41) is 6.31. The highest BCUT2D eigenvalue weighted by molar-refractivity contribution is 5.94. The Hall–Kier alpha value is -3.70. The van der Waals surface area contributed by atoms with Gasteiger partial charge in [0.1, 0.15) is 11.3 Å². The van der Waals surface area contributed by atoms with Crippen LogP contribution in [0.4, 0.5) is 19.0 Å². The van der Waals surface area contributed by atoms with Crippen molar-refractivity contribution in [3.05, 3.63) is 46.0 Å². The van der Waals surface area contributed by atoms with Crippen molar-refractivity contribution in [1.29, 1.82) is 0 Å². The van der Waals surface area contributed by atoms with Crippen LogP contribution in [0, 0.1) is 5.41 Å². The number of fused-ring (bicyclic) bond motifs is 1. The van der Waals surface area contributed by atoms with Crippen molar-refractivity contribution in [1.82, 2.24) is 19.6 Å². The van der Waals surface area contributed by atoms with E-state index in [2.05, 4.69) is 25.1 Å². The molecule has 0 aromatic carbocycles. The van der Waals surface area contributed by atoms with E-state index in [1.54, 1.807) is 20.8 Å². The van der Waals surface area contributed by atoms with Gasteiger partial charge in [0.2, 0.25) is 5.91 Å². The van der Waals surface area contributed by atoms with E-state index in [0.717, 1.165) is 17.8 Å². The molecule has 3 aromatic rings. The van der Waals surface area contributed by atoms with E-state index in [-0.39, 0.29) is 16.9 Å². The van der Waals surface area contributed by atoms with Gasteiger partial charge in [-0.1, -0.05) is 20.8 Å². The van der Waals surface area contributed by atoms with Crippen LogP contribution in [0.15, 0.2) is 29.3 Å². The Morgan fingerprint density at radius 1 is 1.19 bits per heavy atom. The van der Waals surface area contributed by atoms with Crippen LogP contribution in [0.2, 0.25) is 0 Å². The summed E-state index contributed by atoms with van der Waals surface area (Å²) in [6.07, 6.45) is -2.81. The number of esters is 1. The first kappa shape index (κ1) is 22.0. The predicted octanol–water partition coefficient (Wildman–Crippen LogP) is 2.87. The number of carbonyl (C=O) groups excluding carboxylic acids is 2. The number of alkyl halides is 3. The van der Waals surface area contributed by atoms with Crippen LogP contribution in [0.25, 0.3) is 16.9 Å². The van der Waals surface area contributed by atoms with Crippen LogP contribution in [0.1, 0.15) is 36.7 Å². The average molecular weight is 437 g/mol. The number of halogens is 3. The number of nitrogens with one attached hydrogen (secondary N) is 2. The molecule has 0 saturated heterocycles. The minimum atomic E-state index is -4.83. The molecule has 164 valence electrons. The van der Waals surface area contributed by atoms with Gasteiger partial charge in [-0.2, -0.15) is 13.2 Å². The molecule has 0 atom stereocenters. The third-order valence-corrected chi connectivity index (χ3v) is 4.28. The lowest BCUT2D eigenvalue weighted by atomic mass is 9.96. The fourth-order valence-corrected chi connectivity index (χ4v) is 2.61. The molecule has 0 bridgehead atoms. The number of nitrogens with zero attached hydrogens (tertiary/aromatic N) is 3. The highest BCUT2D eigenvalue weighted by atomic mass is 19.4. The topological polar surface area (TPSA) is 118 Å². The van der Waals surface area contributed by atoms with Gasteiger partial charge in [-0.3, -0.25) is 9.59 Å². The Kier molecular flexibility index (Phi) is 5.34. The molecule has 3 heterocycles. The van der Waals surface area contributed by atoms with Gasteiger partial charge in [-0.05, 0) is 12.1 Å². The summed E-state index contributed by atoms with van der Waals surface area (Å²) in [5.74, 6) is -1.97. The van der Waals surface area contributed by atoms with E-state index >= 15 is 0 Å². The third kappa shape index (κ3) is 4.42. The Morgan fingerprint density at radius 3 is 2.45 bits per heavy atom. The summed E-state index contributed by atoms with van der Waals surface area (Å²) in [4.78, 5) is 42.2. The maximum Gasteiger partial charge on any atom is 0.417 e. The second-order valence-corrected chi connectivity index (χ2v) is 7.67. The molecular formula is C19H18F3N5O4. The van der Waals surface area contributed by atoms with Gasteiger partial charge in [-0.15, -0.1) is 5.10 Å². The molecule has 0 unspecified atom stereocenters. The normalized spacial score (nSPS) is 12.1. The van der Waals surface area contributed by atoms with Gasteiger partial charge in [0.05, 0.1) is 18.2 Å². The Balaban J connectivity index is 2.13. The molecule has 3 rings (SSSR count). The fraction of sp³-hybridized carbons (Fsp3) is 0.316. The van der Waals surface area contributed by atoms with Gasteiger partial charge in [0, 0.05) is 23.4 Å². The zero-order valence-electron chi connectivity index (χ0n) is 16.9. The number of rotatable bonds is 3. The first-order valence-electron chi connectivity index (χ1n) is 8.91. The number of ether oxygens (including phenoxy) is 1. The predicted molar refractivity (Wildman–Crippen MR) is 103 cm³/mol. The summed E-state index contributed by atoms with van der Waals surface area (Å²) in [6, 6.07) is 1.87. The van der Waals surface area contributed by atoms with Crippen molar-refractivity contribution in [3.63, 3.8) is 0 Å². The average Bonchev–Trinajstić information content (AvgIpc) is 3.10. The Morgan fingerprint density at radius 2 is 1.87 bits per heavy atom. The molecule has 12 heteroatoms. The third-order valence-electron chi connectivity index (χ3n) is 4.28. The zero-order valence-corrected chi connectivity index (χ0v) is 16.9. The van der Waals surface area contributed by atoms with Crippen LogP contribution in [-0.2, 0) is 15.7 Å². The van der Waals surface area contributed by atoms with Crippen LogP contribution < -0.4 is 10.9 Å². The summed E-state index contributed by atoms with van der Waals surface area (Å²) in [7, 11) is 1.15. The second kappa shape index (κ2) is 7.52. The Labute approximate surface area is 173 Å². The monoisotopic (exact) mass is 437 g/mol. The number of aromatic amines is 1. The van der Waals surface area contributed by atoms with E-state index in [1.807, 2.05) is 0 Å². The molecule has 0 aliphatic heterocycles. The highest BCUT2D eigenvalue weighted by Gasteiger charge is 2.36. The van der Waals surface area contributed by atoms with Crippen molar-refractivity contribution >= 4 is 23.2 Å². The lowest BCUT2D eigenvalue weighted by Gasteiger charge is -2.18. The van der Waals surface area contributed by atoms with Crippen molar-refractivity contribution in [2.45, 2.75) is 26.9 Å². The van der Waals surface area contributed by atoms with Gasteiger partial charge in [0.15, 0.2) is 5.82 Å². The van der Waals surface area contributed by atoms with Crippen molar-refractivity contribution in [3.8, 4) is 11.4 Å². The molecule has 1 amide bonds. The minimum absolute atomic E-state index is 0.00654. The number of amides is 1. The summed E-state index contributed by atoms with van der Waals surface area (Å²) in [5.41, 5.74) is -3.32. The molecule has 0 spiro atoms. The standard InChI is InChI=1S/C19H18F3N5O4/c1-18(2,3)17(30)24-13-6-11(19(20,21)22)10(7-23-13)14-25-15(28)12-5-9(16(29)31-4)8-27(12)26-14/h5-8H,1-4H3,(H,23,24,30)(H,25,26,28). The smallest absolute Gasteiger partial charge is 0.417 e. The highest BCUT2D eigenvalue weighted by Crippen LogP contribution is 2.36. The van der Waals surface area contributed by atoms with E-state index in [4.69, 9.17) is 0 Å². The molecule has 0 aliphatic carbocycles.